The summed E-state index contributed by atoms with van der Waals surface area (Å²) in [5.41, 5.74) is -0.451. The highest BCUT2D eigenvalue weighted by molar-refractivity contribution is 6.02. The molecule has 1 aliphatic rings. The molecule has 1 saturated heterocycles. The Morgan fingerprint density at radius 2 is 2.23 bits per heavy atom. The Balaban J connectivity index is 1.65. The first-order chi connectivity index (χ1) is 14.9. The van der Waals surface area contributed by atoms with E-state index in [0.29, 0.717) is 18.7 Å². The van der Waals surface area contributed by atoms with Gasteiger partial charge in [0.15, 0.2) is 5.69 Å². The SMILES string of the molecule is C/C=C/[C@H](C[C@@H]1CCNC1=O)NC(=O)Cn1cccc(NC(=O)c2cc(C)on2)c1=O. The summed E-state index contributed by atoms with van der Waals surface area (Å²) in [5.74, 6) is -0.648. The average Bonchev–Trinajstić information content (AvgIpc) is 3.33. The van der Waals surface area contributed by atoms with Gasteiger partial charge in [-0.1, -0.05) is 17.3 Å². The number of hydrogen-bond acceptors (Lipinski definition) is 6. The minimum atomic E-state index is -0.584. The van der Waals surface area contributed by atoms with E-state index in [1.807, 2.05) is 19.1 Å². The van der Waals surface area contributed by atoms with E-state index in [1.165, 1.54) is 22.9 Å². The van der Waals surface area contributed by atoms with Crippen LogP contribution in [0.4, 0.5) is 5.69 Å². The number of aryl methyl sites for hydroxylation is 1. The van der Waals surface area contributed by atoms with E-state index in [4.69, 9.17) is 4.52 Å². The van der Waals surface area contributed by atoms with Crippen LogP contribution >= 0.6 is 0 Å². The monoisotopic (exact) mass is 427 g/mol. The van der Waals surface area contributed by atoms with Crippen LogP contribution in [0, 0.1) is 12.8 Å². The van der Waals surface area contributed by atoms with Gasteiger partial charge in [-0.3, -0.25) is 19.2 Å². The molecule has 2 aromatic rings. The molecule has 0 saturated carbocycles. The van der Waals surface area contributed by atoms with Crippen LogP contribution in [-0.4, -0.2) is 40.0 Å². The van der Waals surface area contributed by atoms with Crippen LogP contribution in [0.5, 0.6) is 0 Å². The fraction of sp³-hybridized carbons (Fsp3) is 0.381. The van der Waals surface area contributed by atoms with Crippen LogP contribution in [0.2, 0.25) is 0 Å². The zero-order chi connectivity index (χ0) is 22.4. The molecule has 2 aromatic heterocycles. The van der Waals surface area contributed by atoms with Crippen LogP contribution in [0.25, 0.3) is 0 Å². The molecule has 3 rings (SSSR count). The van der Waals surface area contributed by atoms with Gasteiger partial charge < -0.3 is 25.0 Å². The normalized spacial score (nSPS) is 16.8. The average molecular weight is 427 g/mol. The number of rotatable bonds is 8. The number of nitrogens with zero attached hydrogens (tertiary/aromatic N) is 2. The molecule has 10 nitrogen and oxygen atoms in total. The number of allylic oxidation sites excluding steroid dienone is 1. The number of nitrogens with one attached hydrogen (secondary N) is 3. The van der Waals surface area contributed by atoms with Crippen molar-refractivity contribution in [2.75, 3.05) is 11.9 Å². The molecule has 31 heavy (non-hydrogen) atoms. The van der Waals surface area contributed by atoms with Gasteiger partial charge in [0, 0.05) is 30.8 Å². The van der Waals surface area contributed by atoms with Gasteiger partial charge in [0.25, 0.3) is 11.5 Å². The molecular weight excluding hydrogens is 402 g/mol. The van der Waals surface area contributed by atoms with E-state index in [1.54, 1.807) is 13.0 Å². The molecule has 0 unspecified atom stereocenters. The summed E-state index contributed by atoms with van der Waals surface area (Å²) in [6.45, 7) is 3.90. The molecule has 0 aromatic carbocycles. The first-order valence-corrected chi connectivity index (χ1v) is 10.0. The Hall–Kier alpha value is -3.69. The highest BCUT2D eigenvalue weighted by Gasteiger charge is 2.27. The standard InChI is InChI=1S/C21H25N5O5/c1-3-5-15(11-14-7-8-22-19(14)28)23-18(27)12-26-9-4-6-16(21(26)30)24-20(29)17-10-13(2)31-25-17/h3-6,9-10,14-15H,7-8,11-12H2,1-2H3,(H,22,28)(H,23,27)(H,24,29)/b5-3+/t14-,15+/m0/s1. The Labute approximate surface area is 178 Å². The topological polar surface area (TPSA) is 135 Å². The van der Waals surface area contributed by atoms with Gasteiger partial charge in [-0.2, -0.15) is 0 Å². The van der Waals surface area contributed by atoms with Crippen LogP contribution < -0.4 is 21.5 Å². The second kappa shape index (κ2) is 9.88. The zero-order valence-electron chi connectivity index (χ0n) is 17.4. The fourth-order valence-electron chi connectivity index (χ4n) is 3.42. The maximum atomic E-state index is 12.7. The van der Waals surface area contributed by atoms with Crippen molar-refractivity contribution in [2.24, 2.45) is 5.92 Å². The largest absolute Gasteiger partial charge is 0.361 e. The maximum absolute atomic E-state index is 12.7. The van der Waals surface area contributed by atoms with E-state index >= 15 is 0 Å². The lowest BCUT2D eigenvalue weighted by Gasteiger charge is -2.18. The highest BCUT2D eigenvalue weighted by Crippen LogP contribution is 2.16. The number of carbonyl (C=O) groups excluding carboxylic acids is 3. The van der Waals surface area contributed by atoms with Crippen molar-refractivity contribution in [3.05, 3.63) is 58.4 Å². The van der Waals surface area contributed by atoms with Gasteiger partial charge in [-0.05, 0) is 38.8 Å². The van der Waals surface area contributed by atoms with Crippen molar-refractivity contribution in [2.45, 2.75) is 39.3 Å². The molecule has 3 N–H and O–H groups in total. The summed E-state index contributed by atoms with van der Waals surface area (Å²) in [5, 5.41) is 11.7. The number of aromatic nitrogens is 2. The molecule has 1 fully saturated rings. The van der Waals surface area contributed by atoms with E-state index in [2.05, 4.69) is 21.1 Å². The lowest BCUT2D eigenvalue weighted by Crippen LogP contribution is -2.40. The van der Waals surface area contributed by atoms with Gasteiger partial charge in [-0.15, -0.1) is 0 Å². The second-order valence-electron chi connectivity index (χ2n) is 7.34. The Morgan fingerprint density at radius 1 is 1.42 bits per heavy atom. The molecule has 164 valence electrons. The van der Waals surface area contributed by atoms with Gasteiger partial charge >= 0.3 is 0 Å². The van der Waals surface area contributed by atoms with Crippen LogP contribution in [0.15, 0.2) is 45.9 Å². The summed E-state index contributed by atoms with van der Waals surface area (Å²) in [7, 11) is 0. The van der Waals surface area contributed by atoms with Crippen molar-refractivity contribution < 1.29 is 18.9 Å². The Bertz CT molecular complexity index is 1050. The number of hydrogen-bond donors (Lipinski definition) is 3. The lowest BCUT2D eigenvalue weighted by molar-refractivity contribution is -0.124. The first-order valence-electron chi connectivity index (χ1n) is 10.0. The summed E-state index contributed by atoms with van der Waals surface area (Å²) in [6, 6.07) is 4.14. The summed E-state index contributed by atoms with van der Waals surface area (Å²) >= 11 is 0. The van der Waals surface area contributed by atoms with Crippen LogP contribution in [0.3, 0.4) is 0 Å². The number of pyridine rings is 1. The highest BCUT2D eigenvalue weighted by atomic mass is 16.5. The lowest BCUT2D eigenvalue weighted by atomic mass is 9.98. The predicted octanol–water partition coefficient (Wildman–Crippen LogP) is 0.984. The summed E-state index contributed by atoms with van der Waals surface area (Å²) in [6.07, 6.45) is 6.32. The molecule has 10 heteroatoms. The first kappa shape index (κ1) is 22.0. The number of anilines is 1. The van der Waals surface area contributed by atoms with Gasteiger partial charge in [-0.25, -0.2) is 0 Å². The Morgan fingerprint density at radius 3 is 2.87 bits per heavy atom. The zero-order valence-corrected chi connectivity index (χ0v) is 17.4. The van der Waals surface area contributed by atoms with Crippen LogP contribution in [0.1, 0.15) is 36.0 Å². The molecule has 0 radical (unpaired) electrons. The van der Waals surface area contributed by atoms with E-state index in [-0.39, 0.29) is 41.7 Å². The summed E-state index contributed by atoms with van der Waals surface area (Å²) < 4.78 is 6.07. The van der Waals surface area contributed by atoms with Crippen LogP contribution in [-0.2, 0) is 16.1 Å². The fourth-order valence-corrected chi connectivity index (χ4v) is 3.42. The third-order valence-corrected chi connectivity index (χ3v) is 4.92. The Kier molecular flexibility index (Phi) is 7.01. The smallest absolute Gasteiger partial charge is 0.278 e. The molecule has 3 amide bonds. The molecule has 1 aliphatic heterocycles. The predicted molar refractivity (Wildman–Crippen MR) is 112 cm³/mol. The van der Waals surface area contributed by atoms with Crippen molar-refractivity contribution in [3.63, 3.8) is 0 Å². The van der Waals surface area contributed by atoms with Gasteiger partial charge in [0.05, 0.1) is 0 Å². The third kappa shape index (κ3) is 5.68. The van der Waals surface area contributed by atoms with Crippen molar-refractivity contribution in [3.8, 4) is 0 Å². The molecule has 0 aliphatic carbocycles. The minimum Gasteiger partial charge on any atom is -0.361 e. The van der Waals surface area contributed by atoms with Crippen molar-refractivity contribution in [1.29, 1.82) is 0 Å². The quantitative estimate of drug-likeness (QED) is 0.538. The van der Waals surface area contributed by atoms with E-state index in [0.717, 1.165) is 6.42 Å². The van der Waals surface area contributed by atoms with E-state index < -0.39 is 11.5 Å². The molecule has 0 bridgehead atoms. The molecule has 2 atom stereocenters. The third-order valence-electron chi connectivity index (χ3n) is 4.92. The molecular formula is C21H25N5O5. The summed E-state index contributed by atoms with van der Waals surface area (Å²) in [4.78, 5) is 49.3. The molecule has 0 spiro atoms. The maximum Gasteiger partial charge on any atom is 0.278 e. The van der Waals surface area contributed by atoms with Crippen molar-refractivity contribution >= 4 is 23.4 Å². The number of carbonyl (C=O) groups is 3. The van der Waals surface area contributed by atoms with Gasteiger partial charge in [0.1, 0.15) is 18.0 Å². The number of amides is 3. The second-order valence-corrected chi connectivity index (χ2v) is 7.34. The molecule has 3 heterocycles. The van der Waals surface area contributed by atoms with E-state index in [9.17, 15) is 19.2 Å². The van der Waals surface area contributed by atoms with Crippen molar-refractivity contribution in [1.82, 2.24) is 20.4 Å². The van der Waals surface area contributed by atoms with Gasteiger partial charge in [0.2, 0.25) is 11.8 Å². The minimum absolute atomic E-state index is 0.00859.